The summed E-state index contributed by atoms with van der Waals surface area (Å²) in [5, 5.41) is 0. The van der Waals surface area contributed by atoms with Crippen molar-refractivity contribution < 1.29 is 9.59 Å². The second-order valence-corrected chi connectivity index (χ2v) is 4.99. The first-order chi connectivity index (χ1) is 8.26. The lowest BCUT2D eigenvalue weighted by molar-refractivity contribution is -0.151. The highest BCUT2D eigenvalue weighted by molar-refractivity contribution is 5.76. The fourth-order valence-corrected chi connectivity index (χ4v) is 2.77. The Kier molecular flexibility index (Phi) is 3.99. The molecule has 2 N–H and O–H groups in total. The highest BCUT2D eigenvalue weighted by Crippen LogP contribution is 2.30. The molecule has 3 heterocycles. The molecule has 3 aliphatic rings. The van der Waals surface area contributed by atoms with Gasteiger partial charge < -0.3 is 15.5 Å². The van der Waals surface area contributed by atoms with Gasteiger partial charge in [-0.05, 0) is 25.8 Å². The van der Waals surface area contributed by atoms with Crippen LogP contribution in [0.15, 0.2) is 0 Å². The van der Waals surface area contributed by atoms with Crippen molar-refractivity contribution in [3.05, 3.63) is 0 Å². The van der Waals surface area contributed by atoms with Gasteiger partial charge in [0.15, 0.2) is 0 Å². The highest BCUT2D eigenvalue weighted by Gasteiger charge is 2.44. The Morgan fingerprint density at radius 2 is 1.94 bits per heavy atom. The minimum Gasteiger partial charge on any atom is -0.339 e. The van der Waals surface area contributed by atoms with E-state index in [0.717, 1.165) is 45.2 Å². The predicted molar refractivity (Wildman–Crippen MR) is 64.2 cm³/mol. The van der Waals surface area contributed by atoms with Gasteiger partial charge in [0.2, 0.25) is 12.3 Å². The normalized spacial score (nSPS) is 26.6. The number of carbonyl (C=O) groups excluding carboxylic acids is 2. The van der Waals surface area contributed by atoms with Gasteiger partial charge in [-0.15, -0.1) is 0 Å². The lowest BCUT2D eigenvalue weighted by atomic mass is 9.88. The minimum absolute atomic E-state index is 0.238. The van der Waals surface area contributed by atoms with E-state index in [4.69, 9.17) is 5.73 Å². The first kappa shape index (κ1) is 12.4. The summed E-state index contributed by atoms with van der Waals surface area (Å²) in [6, 6.07) is 0.554. The zero-order valence-corrected chi connectivity index (χ0v) is 10.2. The molecule has 3 rings (SSSR count). The van der Waals surface area contributed by atoms with Crippen molar-refractivity contribution in [2.75, 3.05) is 19.6 Å². The van der Waals surface area contributed by atoms with Gasteiger partial charge in [0.1, 0.15) is 0 Å². The number of nitrogens with two attached hydrogens (primary N) is 1. The van der Waals surface area contributed by atoms with Crippen molar-refractivity contribution in [1.29, 1.82) is 0 Å². The second kappa shape index (κ2) is 5.49. The Balaban J connectivity index is 1.70. The van der Waals surface area contributed by atoms with Crippen LogP contribution in [0.5, 0.6) is 0 Å². The fraction of sp³-hybridized carbons (Fsp3) is 0.833. The number of nitrogens with zero attached hydrogens (tertiary/aromatic N) is 2. The van der Waals surface area contributed by atoms with Gasteiger partial charge in [-0.1, -0.05) is 6.42 Å². The molecule has 3 fully saturated rings. The largest absolute Gasteiger partial charge is 0.339 e. The van der Waals surface area contributed by atoms with Gasteiger partial charge in [-0.25, -0.2) is 0 Å². The molecular formula is C12H21N3O2. The molecule has 5 heteroatoms. The van der Waals surface area contributed by atoms with E-state index in [1.54, 1.807) is 0 Å². The molecule has 0 aliphatic carbocycles. The number of hydrogen-bond donors (Lipinski definition) is 1. The van der Waals surface area contributed by atoms with E-state index < -0.39 is 0 Å². The van der Waals surface area contributed by atoms with E-state index in [1.165, 1.54) is 0 Å². The standard InChI is InChI=1S/C12H21N3O2/c13-5-3-1-2-4-12(17)14-7-10-6-11(8-14)15(10)9-16/h9-11H,1-8,13H2. The summed E-state index contributed by atoms with van der Waals surface area (Å²) >= 11 is 0. The van der Waals surface area contributed by atoms with Crippen LogP contribution in [0.2, 0.25) is 0 Å². The van der Waals surface area contributed by atoms with E-state index in [-0.39, 0.29) is 18.0 Å². The topological polar surface area (TPSA) is 66.6 Å². The second-order valence-electron chi connectivity index (χ2n) is 4.99. The molecule has 0 aromatic carbocycles. The van der Waals surface area contributed by atoms with E-state index in [2.05, 4.69) is 0 Å². The Labute approximate surface area is 102 Å². The zero-order chi connectivity index (χ0) is 12.3. The average Bonchev–Trinajstić information content (AvgIpc) is 2.35. The van der Waals surface area contributed by atoms with Crippen LogP contribution in [0.3, 0.4) is 0 Å². The third-order valence-corrected chi connectivity index (χ3v) is 3.82. The zero-order valence-electron chi connectivity index (χ0n) is 10.2. The molecule has 2 bridgehead atoms. The first-order valence-electron chi connectivity index (χ1n) is 6.47. The van der Waals surface area contributed by atoms with Crippen molar-refractivity contribution in [3.8, 4) is 0 Å². The van der Waals surface area contributed by atoms with E-state index in [1.807, 2.05) is 9.80 Å². The third-order valence-electron chi connectivity index (χ3n) is 3.82. The van der Waals surface area contributed by atoms with Gasteiger partial charge in [-0.2, -0.15) is 0 Å². The Morgan fingerprint density at radius 1 is 1.24 bits per heavy atom. The lowest BCUT2D eigenvalue weighted by Gasteiger charge is -2.54. The molecule has 3 aliphatic heterocycles. The molecule has 0 radical (unpaired) electrons. The molecular weight excluding hydrogens is 218 g/mol. The van der Waals surface area contributed by atoms with E-state index >= 15 is 0 Å². The Bertz CT molecular complexity index is 283. The van der Waals surface area contributed by atoms with Crippen LogP contribution < -0.4 is 5.73 Å². The smallest absolute Gasteiger partial charge is 0.222 e. The van der Waals surface area contributed by atoms with Crippen molar-refractivity contribution in [2.45, 2.75) is 44.2 Å². The number of unbranched alkanes of at least 4 members (excludes halogenated alkanes) is 2. The number of amides is 2. The molecule has 96 valence electrons. The predicted octanol–water partition coefficient (Wildman–Crippen LogP) is -0.0530. The molecule has 2 unspecified atom stereocenters. The molecule has 0 saturated carbocycles. The SMILES string of the molecule is NCCCCCC(=O)N1CC2CC(C1)N2C=O. The summed E-state index contributed by atoms with van der Waals surface area (Å²) in [6.45, 7) is 2.16. The third kappa shape index (κ3) is 2.60. The van der Waals surface area contributed by atoms with Crippen LogP contribution in [-0.2, 0) is 9.59 Å². The van der Waals surface area contributed by atoms with Gasteiger partial charge >= 0.3 is 0 Å². The molecule has 2 amide bonds. The summed E-state index contributed by atoms with van der Waals surface area (Å²) in [4.78, 5) is 26.4. The minimum atomic E-state index is 0.238. The van der Waals surface area contributed by atoms with Crippen LogP contribution in [0, 0.1) is 0 Å². The number of piperidine rings is 1. The van der Waals surface area contributed by atoms with E-state index in [0.29, 0.717) is 13.0 Å². The maximum absolute atomic E-state index is 11.9. The molecule has 2 atom stereocenters. The van der Waals surface area contributed by atoms with Crippen LogP contribution >= 0.6 is 0 Å². The highest BCUT2D eigenvalue weighted by atomic mass is 16.2. The molecule has 0 spiro atoms. The number of rotatable bonds is 6. The Morgan fingerprint density at radius 3 is 2.53 bits per heavy atom. The van der Waals surface area contributed by atoms with E-state index in [9.17, 15) is 9.59 Å². The maximum atomic E-state index is 11.9. The Hall–Kier alpha value is -1.10. The van der Waals surface area contributed by atoms with Gasteiger partial charge in [0, 0.05) is 19.5 Å². The van der Waals surface area contributed by atoms with Crippen LogP contribution in [0.4, 0.5) is 0 Å². The monoisotopic (exact) mass is 239 g/mol. The quantitative estimate of drug-likeness (QED) is 0.522. The van der Waals surface area contributed by atoms with Crippen molar-refractivity contribution >= 4 is 12.3 Å². The van der Waals surface area contributed by atoms with Crippen LogP contribution in [0.1, 0.15) is 32.1 Å². The summed E-state index contributed by atoms with van der Waals surface area (Å²) in [7, 11) is 0. The number of piperazine rings is 1. The number of fused-ring (bicyclic) bond motifs is 2. The molecule has 0 aromatic rings. The van der Waals surface area contributed by atoms with Crippen molar-refractivity contribution in [3.63, 3.8) is 0 Å². The van der Waals surface area contributed by atoms with Gasteiger partial charge in [0.25, 0.3) is 0 Å². The van der Waals surface area contributed by atoms with Gasteiger partial charge in [-0.3, -0.25) is 9.59 Å². The first-order valence-corrected chi connectivity index (χ1v) is 6.47. The molecule has 0 aromatic heterocycles. The van der Waals surface area contributed by atoms with Gasteiger partial charge in [0.05, 0.1) is 12.1 Å². The lowest BCUT2D eigenvalue weighted by Crippen LogP contribution is -2.68. The summed E-state index contributed by atoms with van der Waals surface area (Å²) in [6.07, 6.45) is 5.57. The molecule has 5 nitrogen and oxygen atoms in total. The maximum Gasteiger partial charge on any atom is 0.222 e. The molecule has 17 heavy (non-hydrogen) atoms. The van der Waals surface area contributed by atoms with Crippen LogP contribution in [-0.4, -0.2) is 53.8 Å². The summed E-state index contributed by atoms with van der Waals surface area (Å²) in [5.74, 6) is 0.238. The summed E-state index contributed by atoms with van der Waals surface area (Å²) < 4.78 is 0. The molecule has 3 saturated heterocycles. The number of hydrogen-bond acceptors (Lipinski definition) is 3. The average molecular weight is 239 g/mol. The van der Waals surface area contributed by atoms with Crippen molar-refractivity contribution in [2.24, 2.45) is 5.73 Å². The fourth-order valence-electron chi connectivity index (χ4n) is 2.77. The number of carbonyl (C=O) groups is 2. The van der Waals surface area contributed by atoms with Crippen LogP contribution in [0.25, 0.3) is 0 Å². The summed E-state index contributed by atoms with van der Waals surface area (Å²) in [5.41, 5.74) is 5.41. The van der Waals surface area contributed by atoms with Crippen molar-refractivity contribution in [1.82, 2.24) is 9.80 Å².